The van der Waals surface area contributed by atoms with Crippen LogP contribution in [0.25, 0.3) is 0 Å². The van der Waals surface area contributed by atoms with Gasteiger partial charge in [-0.15, -0.1) is 0 Å². The van der Waals surface area contributed by atoms with Crippen LogP contribution in [-0.4, -0.2) is 24.5 Å². The second kappa shape index (κ2) is 15.7. The van der Waals surface area contributed by atoms with Gasteiger partial charge in [-0.2, -0.15) is 5.26 Å². The van der Waals surface area contributed by atoms with E-state index in [1.807, 2.05) is 19.9 Å². The molecule has 0 N–H and O–H groups in total. The normalized spacial score (nSPS) is 13.8. The highest BCUT2D eigenvalue weighted by Crippen LogP contribution is 2.59. The number of esters is 3. The first-order chi connectivity index (χ1) is 17.8. The van der Waals surface area contributed by atoms with E-state index in [1.165, 1.54) is 0 Å². The third-order valence-electron chi connectivity index (χ3n) is 6.11. The van der Waals surface area contributed by atoms with Gasteiger partial charge in [-0.1, -0.05) is 76.9 Å². The molecule has 2 rings (SSSR count). The van der Waals surface area contributed by atoms with Gasteiger partial charge in [-0.3, -0.25) is 9.59 Å². The summed E-state index contributed by atoms with van der Waals surface area (Å²) < 4.78 is 17.1. The summed E-state index contributed by atoms with van der Waals surface area (Å²) in [5, 5.41) is 9.66. The molecule has 1 aromatic rings. The number of ether oxygens (including phenoxy) is 3. The lowest BCUT2D eigenvalue weighted by molar-refractivity contribution is -0.140. The summed E-state index contributed by atoms with van der Waals surface area (Å²) in [6, 6.07) is 5.17. The number of unbranched alkanes of at least 4 members (excludes halogenated alkanes) is 2. The van der Waals surface area contributed by atoms with E-state index in [2.05, 4.69) is 13.8 Å². The Labute approximate surface area is 228 Å². The molecule has 2 unspecified atom stereocenters. The van der Waals surface area contributed by atoms with Crippen molar-refractivity contribution in [1.29, 1.82) is 5.26 Å². The summed E-state index contributed by atoms with van der Waals surface area (Å²) in [6.45, 7) is 9.88. The third-order valence-corrected chi connectivity index (χ3v) is 8.74. The number of hydrogen-bond donors (Lipinski definition) is 0. The molecule has 9 heteroatoms. The zero-order chi connectivity index (χ0) is 27.4. The number of fused-ring (bicyclic) bond motifs is 1. The summed E-state index contributed by atoms with van der Waals surface area (Å²) in [6.07, 6.45) is 6.66. The van der Waals surface area contributed by atoms with Crippen LogP contribution >= 0.6 is 23.5 Å². The third kappa shape index (κ3) is 8.27. The van der Waals surface area contributed by atoms with Gasteiger partial charge in [0.25, 0.3) is 0 Å². The summed E-state index contributed by atoms with van der Waals surface area (Å²) >= 11 is 2.30. The van der Waals surface area contributed by atoms with Crippen molar-refractivity contribution < 1.29 is 28.6 Å². The van der Waals surface area contributed by atoms with Crippen LogP contribution in [0.5, 0.6) is 11.5 Å². The molecule has 0 bridgehead atoms. The molecule has 1 aliphatic heterocycles. The molecular formula is C28H37NO6S2. The van der Waals surface area contributed by atoms with Crippen LogP contribution in [0.3, 0.4) is 0 Å². The van der Waals surface area contributed by atoms with Crippen molar-refractivity contribution in [3.63, 3.8) is 0 Å². The molecule has 1 aromatic carbocycles. The van der Waals surface area contributed by atoms with Crippen LogP contribution in [-0.2, 0) is 19.1 Å². The van der Waals surface area contributed by atoms with E-state index in [0.29, 0.717) is 38.4 Å². The van der Waals surface area contributed by atoms with Crippen LogP contribution in [0.15, 0.2) is 31.7 Å². The van der Waals surface area contributed by atoms with E-state index in [1.54, 1.807) is 19.1 Å². The van der Waals surface area contributed by atoms with Crippen molar-refractivity contribution in [2.75, 3.05) is 6.61 Å². The highest BCUT2D eigenvalue weighted by molar-refractivity contribution is 8.24. The maximum atomic E-state index is 12.9. The van der Waals surface area contributed by atoms with Crippen LogP contribution < -0.4 is 9.47 Å². The SMILES string of the molecule is CCCCC(CC)C(=O)Oc1ccc(OC(=O)C(CC)CCCC)c2c1SC(=C(C#N)C(=O)OCC)S2. The quantitative estimate of drug-likeness (QED) is 0.102. The zero-order valence-electron chi connectivity index (χ0n) is 22.4. The van der Waals surface area contributed by atoms with Crippen molar-refractivity contribution in [1.82, 2.24) is 0 Å². The number of rotatable bonds is 14. The maximum Gasteiger partial charge on any atom is 0.350 e. The fraction of sp³-hybridized carbons (Fsp3) is 0.571. The van der Waals surface area contributed by atoms with Gasteiger partial charge in [0.05, 0.1) is 32.5 Å². The highest BCUT2D eigenvalue weighted by atomic mass is 32.2. The molecular weight excluding hydrogens is 510 g/mol. The standard InChI is InChI=1S/C28H37NO6S2/c1-6-11-13-18(8-3)25(30)34-21-15-16-22(35-26(31)19(9-4)14-12-7-2)24-23(21)36-28(37-24)20(17-29)27(32)33-10-5/h15-16,18-19H,6-14H2,1-5H3. The van der Waals surface area contributed by atoms with Gasteiger partial charge in [0.1, 0.15) is 17.6 Å². The fourth-order valence-corrected chi connectivity index (χ4v) is 6.39. The van der Waals surface area contributed by atoms with Crippen LogP contribution in [0.1, 0.15) is 86.0 Å². The molecule has 1 heterocycles. The smallest absolute Gasteiger partial charge is 0.350 e. The second-order valence-corrected chi connectivity index (χ2v) is 11.1. The molecule has 0 amide bonds. The molecule has 0 radical (unpaired) electrons. The lowest BCUT2D eigenvalue weighted by atomic mass is 10.00. The molecule has 37 heavy (non-hydrogen) atoms. The van der Waals surface area contributed by atoms with E-state index >= 15 is 0 Å². The predicted molar refractivity (Wildman–Crippen MR) is 145 cm³/mol. The fourth-order valence-electron chi connectivity index (χ4n) is 3.83. The minimum absolute atomic E-state index is 0.133. The number of thioether (sulfide) groups is 2. The van der Waals surface area contributed by atoms with Crippen molar-refractivity contribution in [2.24, 2.45) is 11.8 Å². The maximum absolute atomic E-state index is 12.9. The van der Waals surface area contributed by atoms with E-state index in [4.69, 9.17) is 14.2 Å². The largest absolute Gasteiger partial charge is 0.462 e. The van der Waals surface area contributed by atoms with E-state index in [-0.39, 0.29) is 36.0 Å². The average Bonchev–Trinajstić information content (AvgIpc) is 3.32. The number of carbonyl (C=O) groups is 3. The monoisotopic (exact) mass is 547 g/mol. The Morgan fingerprint density at radius 2 is 1.30 bits per heavy atom. The van der Waals surface area contributed by atoms with Gasteiger partial charge in [0.2, 0.25) is 0 Å². The number of carbonyl (C=O) groups excluding carboxylic acids is 3. The minimum atomic E-state index is -0.721. The molecule has 0 saturated carbocycles. The lowest BCUT2D eigenvalue weighted by Crippen LogP contribution is -2.21. The Kier molecular flexibility index (Phi) is 13.1. The lowest BCUT2D eigenvalue weighted by Gasteiger charge is -2.17. The van der Waals surface area contributed by atoms with Gasteiger partial charge in [0.15, 0.2) is 5.57 Å². The first-order valence-electron chi connectivity index (χ1n) is 13.1. The van der Waals surface area contributed by atoms with Crippen LogP contribution in [0, 0.1) is 23.2 Å². The molecule has 2 atom stereocenters. The topological polar surface area (TPSA) is 103 Å². The molecule has 0 spiro atoms. The zero-order valence-corrected chi connectivity index (χ0v) is 24.0. The Bertz CT molecular complexity index is 985. The molecule has 0 aliphatic carbocycles. The van der Waals surface area contributed by atoms with Gasteiger partial charge in [0, 0.05) is 0 Å². The Morgan fingerprint density at radius 3 is 1.65 bits per heavy atom. The Morgan fingerprint density at radius 1 is 0.838 bits per heavy atom. The molecule has 1 aliphatic rings. The van der Waals surface area contributed by atoms with Crippen molar-refractivity contribution in [3.8, 4) is 17.6 Å². The molecule has 0 saturated heterocycles. The summed E-state index contributed by atoms with van der Waals surface area (Å²) in [4.78, 5) is 39.4. The minimum Gasteiger partial charge on any atom is -0.462 e. The van der Waals surface area contributed by atoms with Crippen LogP contribution in [0.4, 0.5) is 0 Å². The summed E-state index contributed by atoms with van der Waals surface area (Å²) in [5.74, 6) is -1.16. The van der Waals surface area contributed by atoms with Crippen molar-refractivity contribution >= 4 is 41.4 Å². The van der Waals surface area contributed by atoms with Crippen molar-refractivity contribution in [3.05, 3.63) is 21.9 Å². The molecule has 7 nitrogen and oxygen atoms in total. The number of nitriles is 1. The summed E-state index contributed by atoms with van der Waals surface area (Å²) in [7, 11) is 0. The van der Waals surface area contributed by atoms with E-state index in [9.17, 15) is 19.6 Å². The van der Waals surface area contributed by atoms with Gasteiger partial charge in [-0.25, -0.2) is 4.79 Å². The first-order valence-corrected chi connectivity index (χ1v) is 14.8. The van der Waals surface area contributed by atoms with Crippen LogP contribution in [0.2, 0.25) is 0 Å². The number of hydrogen-bond acceptors (Lipinski definition) is 9. The molecule has 202 valence electrons. The number of benzene rings is 1. The summed E-state index contributed by atoms with van der Waals surface area (Å²) in [5.41, 5.74) is -0.133. The average molecular weight is 548 g/mol. The van der Waals surface area contributed by atoms with Gasteiger partial charge >= 0.3 is 17.9 Å². The Hall–Kier alpha value is -2.44. The Balaban J connectivity index is 2.45. The first kappa shape index (κ1) is 30.8. The highest BCUT2D eigenvalue weighted by Gasteiger charge is 2.33. The van der Waals surface area contributed by atoms with Crippen molar-refractivity contribution in [2.45, 2.75) is 95.8 Å². The molecule has 0 aromatic heterocycles. The van der Waals surface area contributed by atoms with Gasteiger partial charge < -0.3 is 14.2 Å². The van der Waals surface area contributed by atoms with E-state index in [0.717, 1.165) is 62.0 Å². The predicted octanol–water partition coefficient (Wildman–Crippen LogP) is 7.43. The number of nitrogens with zero attached hydrogens (tertiary/aromatic N) is 1. The van der Waals surface area contributed by atoms with E-state index < -0.39 is 5.97 Å². The molecule has 0 fully saturated rings. The second-order valence-electron chi connectivity index (χ2n) is 8.76. The van der Waals surface area contributed by atoms with Gasteiger partial charge in [-0.05, 0) is 44.7 Å².